The van der Waals surface area contributed by atoms with E-state index in [1.807, 2.05) is 9.99 Å². The number of hydrogen-bond donors (Lipinski definition) is 11. The van der Waals surface area contributed by atoms with E-state index in [4.69, 9.17) is 46.4 Å². The number of H-pyrrole nitrogens is 3. The first-order chi connectivity index (χ1) is 38.0. The number of carbonyl (C=O) groups excluding carboxylic acids is 2. The number of imidazole rings is 4. The lowest BCUT2D eigenvalue weighted by molar-refractivity contribution is 0.0922. The molecule has 34 nitrogen and oxygen atoms in total. The van der Waals surface area contributed by atoms with Gasteiger partial charge in [-0.05, 0) is 70.9 Å². The van der Waals surface area contributed by atoms with Crippen LogP contribution in [-0.2, 0) is 6.54 Å². The highest BCUT2D eigenvalue weighted by Gasteiger charge is 2.19. The van der Waals surface area contributed by atoms with Crippen LogP contribution < -0.4 is 45.1 Å². The molecule has 0 aliphatic heterocycles. The molecule has 78 heavy (non-hydrogen) atoms. The number of nitrogens with two attached hydrogens (primary N) is 5. The third-order valence-corrected chi connectivity index (χ3v) is 11.0. The van der Waals surface area contributed by atoms with Crippen LogP contribution in [0.5, 0.6) is 0 Å². The molecule has 0 unspecified atom stereocenters. The lowest BCUT2D eigenvalue weighted by Crippen LogP contribution is -2.29. The van der Waals surface area contributed by atoms with Crippen LogP contribution in [0.2, 0.25) is 0 Å². The number of halogens is 1. The molecule has 0 aliphatic carbocycles. The fourth-order valence-corrected chi connectivity index (χ4v) is 7.47. The normalized spacial score (nSPS) is 10.9. The topological polar surface area (TPSA) is 494 Å². The van der Waals surface area contributed by atoms with Gasteiger partial charge >= 0.3 is 11.8 Å². The minimum Gasteiger partial charge on any atom is -0.461 e. The fraction of sp³-hybridized carbons (Fsp3) is 0.0698. The Balaban J connectivity index is 0.000000114. The maximum Gasteiger partial charge on any atom is 0.305 e. The first kappa shape index (κ1) is 50.2. The number of hydrazine groups is 2. The first-order valence-electron chi connectivity index (χ1n) is 22.5. The number of anilines is 5. The van der Waals surface area contributed by atoms with Crippen molar-refractivity contribution in [2.24, 2.45) is 5.84 Å². The average molecular weight is 1120 g/mol. The van der Waals surface area contributed by atoms with Crippen molar-refractivity contribution < 1.29 is 27.3 Å². The van der Waals surface area contributed by atoms with Gasteiger partial charge in [-0.25, -0.2) is 40.7 Å². The molecule has 0 aromatic carbocycles. The molecule has 0 saturated carbocycles. The molecular formula is C43H39BrN28O6. The van der Waals surface area contributed by atoms with Crippen LogP contribution in [0.15, 0.2) is 121 Å². The molecule has 14 aromatic rings. The number of aryl methyl sites for hydroxylation is 1. The highest BCUT2D eigenvalue weighted by atomic mass is 79.9. The van der Waals surface area contributed by atoms with Crippen LogP contribution in [0.4, 0.5) is 29.6 Å². The lowest BCUT2D eigenvalue weighted by atomic mass is 10.4. The molecule has 14 aromatic heterocycles. The van der Waals surface area contributed by atoms with Gasteiger partial charge < -0.3 is 60.1 Å². The Hall–Kier alpha value is -11.4. The van der Waals surface area contributed by atoms with Crippen LogP contribution in [0.25, 0.3) is 79.1 Å². The van der Waals surface area contributed by atoms with Crippen molar-refractivity contribution >= 4 is 113 Å². The van der Waals surface area contributed by atoms with E-state index >= 15 is 0 Å². The van der Waals surface area contributed by atoms with Gasteiger partial charge in [-0.15, -0.1) is 10.2 Å². The third kappa shape index (κ3) is 10.5. The molecule has 0 aliphatic rings. The molecule has 2 amide bonds. The number of aromatic amines is 3. The highest BCUT2D eigenvalue weighted by Crippen LogP contribution is 2.24. The number of nitrogens with zero attached hydrogens (tertiary/aromatic N) is 17. The Kier molecular flexibility index (Phi) is 14.2. The molecule has 16 N–H and O–H groups in total. The van der Waals surface area contributed by atoms with Crippen molar-refractivity contribution in [2.45, 2.75) is 19.9 Å². The quantitative estimate of drug-likeness (QED) is 0.0449. The van der Waals surface area contributed by atoms with Gasteiger partial charge in [-0.3, -0.25) is 25.9 Å². The van der Waals surface area contributed by atoms with Gasteiger partial charge in [0.25, 0.3) is 0 Å². The van der Waals surface area contributed by atoms with Gasteiger partial charge in [0.15, 0.2) is 68.3 Å². The Bertz CT molecular complexity index is 4290. The van der Waals surface area contributed by atoms with Gasteiger partial charge in [-0.1, -0.05) is 6.92 Å². The van der Waals surface area contributed by atoms with E-state index in [1.165, 1.54) is 40.0 Å². The molecule has 0 fully saturated rings. The Morgan fingerprint density at radius 3 is 1.74 bits per heavy atom. The zero-order valence-corrected chi connectivity index (χ0v) is 41.6. The zero-order valence-electron chi connectivity index (χ0n) is 40.0. The number of aromatic nitrogens is 20. The summed E-state index contributed by atoms with van der Waals surface area (Å²) < 4.78 is 25.8. The summed E-state index contributed by atoms with van der Waals surface area (Å²) in [4.78, 5) is 80.3. The van der Waals surface area contributed by atoms with Crippen molar-refractivity contribution in [1.29, 1.82) is 0 Å². The molecule has 35 heteroatoms. The van der Waals surface area contributed by atoms with Crippen LogP contribution in [0.3, 0.4) is 0 Å². The molecule has 394 valence electrons. The summed E-state index contributed by atoms with van der Waals surface area (Å²) in [6.45, 7) is 2.93. The number of fused-ring (bicyclic) bond motifs is 8. The largest absolute Gasteiger partial charge is 0.461 e. The number of carbonyl (C=O) groups is 2. The summed E-state index contributed by atoms with van der Waals surface area (Å²) in [7, 11) is 0. The van der Waals surface area contributed by atoms with E-state index in [9.17, 15) is 9.59 Å². The van der Waals surface area contributed by atoms with E-state index < -0.39 is 11.8 Å². The minimum absolute atomic E-state index is 0.0503. The van der Waals surface area contributed by atoms with Gasteiger partial charge in [0.2, 0.25) is 35.4 Å². The molecule has 0 saturated heterocycles. The monoisotopic (exact) mass is 1120 g/mol. The number of nitrogen functional groups attached to an aromatic ring is 5. The van der Waals surface area contributed by atoms with Gasteiger partial charge in [0, 0.05) is 6.54 Å². The van der Waals surface area contributed by atoms with Crippen molar-refractivity contribution in [3.63, 3.8) is 0 Å². The second kappa shape index (κ2) is 22.0. The number of nitrogens with one attached hydrogen (secondary N) is 6. The number of hydrogen-bond acceptors (Lipinski definition) is 26. The van der Waals surface area contributed by atoms with Gasteiger partial charge in [-0.2, -0.15) is 34.0 Å². The molecular weight excluding hydrogens is 1080 g/mol. The standard InChI is InChI=1S/C13H13N7O.C10H9N7O2.C10H7N7O.C5H4BrN5.C5H6N2O2/c1-2-5-19-7-15-9-11(19)17-13(14)20-12(9)16-10(18-20)8-4-3-6-21-8;11-10-14-7-6(12-4-13-7)8(15-10)16-17-9(18)5-2-1-3-19-5;11-10-15-8-6(12-4-13-8)9-14-7(16-17(9)10)5-2-1-3-18-5;6-3-2-4(9-1-8-2)11-5(7)10-3;6-7-5(8)4-2-1-3-9-4/h3-4,6-7H,2,5H2,1H3,(H2,14,17);1-4H,(H,17,18)(H4,11,12,13,14,15,16);1-4H,(H2,11,15)(H,12,13);1H,(H3,7,8,9,10,11);1-3H,6H2,(H,7,8). The average Bonchev–Trinajstić information content (AvgIpc) is 4.43. The third-order valence-electron chi connectivity index (χ3n) is 10.4. The van der Waals surface area contributed by atoms with E-state index in [0.29, 0.717) is 78.4 Å². The number of amides is 2. The van der Waals surface area contributed by atoms with E-state index in [0.717, 1.165) is 24.1 Å². The summed E-state index contributed by atoms with van der Waals surface area (Å²) in [6, 6.07) is 13.4. The molecule has 0 radical (unpaired) electrons. The van der Waals surface area contributed by atoms with E-state index in [2.05, 4.69) is 119 Å². The highest BCUT2D eigenvalue weighted by molar-refractivity contribution is 9.10. The molecule has 0 atom stereocenters. The summed E-state index contributed by atoms with van der Waals surface area (Å²) in [5.41, 5.74) is 35.8. The SMILES string of the molecule is CCCn1cnc2c1nc(N)n1nc(-c3ccco3)nc21.NNC(=O)c1ccco1.Nc1nc(Br)c2[nH]cnc2n1.Nc1nc(NNC(=O)c2ccco2)c2[nH]cnc2n1.Nc1nc2nc[nH]c2c2nc(-c3ccco3)nn12. The Labute approximate surface area is 440 Å². The Morgan fingerprint density at radius 2 is 1.14 bits per heavy atom. The summed E-state index contributed by atoms with van der Waals surface area (Å²) in [5.74, 6) is 7.52. The Morgan fingerprint density at radius 1 is 0.603 bits per heavy atom. The van der Waals surface area contributed by atoms with Crippen molar-refractivity contribution in [3.05, 3.63) is 115 Å². The minimum atomic E-state index is -0.435. The smallest absolute Gasteiger partial charge is 0.305 e. The van der Waals surface area contributed by atoms with Crippen LogP contribution in [-0.4, -0.2) is 110 Å². The summed E-state index contributed by atoms with van der Waals surface area (Å²) in [6.07, 6.45) is 13.2. The first-order valence-corrected chi connectivity index (χ1v) is 23.3. The van der Waals surface area contributed by atoms with Crippen molar-refractivity contribution in [1.82, 2.24) is 109 Å². The maximum atomic E-state index is 11.7. The van der Waals surface area contributed by atoms with Gasteiger partial charge in [0.05, 0.1) is 50.4 Å². The van der Waals surface area contributed by atoms with E-state index in [-0.39, 0.29) is 35.3 Å². The van der Waals surface area contributed by atoms with Crippen LogP contribution in [0.1, 0.15) is 34.5 Å². The number of rotatable bonds is 8. The molecule has 14 heterocycles. The second-order valence-corrected chi connectivity index (χ2v) is 16.2. The molecule has 14 rings (SSSR count). The predicted molar refractivity (Wildman–Crippen MR) is 279 cm³/mol. The fourth-order valence-electron chi connectivity index (χ4n) is 7.00. The number of furan rings is 4. The van der Waals surface area contributed by atoms with E-state index in [1.54, 1.807) is 67.9 Å². The predicted octanol–water partition coefficient (Wildman–Crippen LogP) is 3.43. The van der Waals surface area contributed by atoms with Crippen LogP contribution >= 0.6 is 15.9 Å². The molecule has 0 bridgehead atoms. The summed E-state index contributed by atoms with van der Waals surface area (Å²) >= 11 is 3.22. The lowest BCUT2D eigenvalue weighted by Gasteiger charge is -2.07. The van der Waals surface area contributed by atoms with Crippen molar-refractivity contribution in [2.75, 3.05) is 28.4 Å². The summed E-state index contributed by atoms with van der Waals surface area (Å²) in [5, 5.41) is 8.60. The zero-order chi connectivity index (χ0) is 54.3. The van der Waals surface area contributed by atoms with Gasteiger partial charge in [0.1, 0.15) is 21.2 Å². The molecule has 0 spiro atoms. The van der Waals surface area contributed by atoms with Crippen LogP contribution in [0, 0.1) is 0 Å². The maximum absolute atomic E-state index is 11.7. The van der Waals surface area contributed by atoms with Crippen molar-refractivity contribution in [3.8, 4) is 23.2 Å². The second-order valence-electron chi connectivity index (χ2n) is 15.5.